The molecule has 0 saturated carbocycles. The van der Waals surface area contributed by atoms with Gasteiger partial charge in [0.05, 0.1) is 18.5 Å². The van der Waals surface area contributed by atoms with E-state index in [0.717, 1.165) is 27.5 Å². The van der Waals surface area contributed by atoms with Crippen LogP contribution in [-0.4, -0.2) is 33.1 Å². The first kappa shape index (κ1) is 13.7. The van der Waals surface area contributed by atoms with Crippen LogP contribution in [0.4, 0.5) is 0 Å². The normalized spacial score (nSPS) is 11.2. The lowest BCUT2D eigenvalue weighted by Crippen LogP contribution is -2.05. The summed E-state index contributed by atoms with van der Waals surface area (Å²) in [5.41, 5.74) is 1.68. The van der Waals surface area contributed by atoms with E-state index in [1.165, 1.54) is 0 Å². The average molecular weight is 305 g/mol. The molecule has 2 aromatic heterocycles. The van der Waals surface area contributed by atoms with E-state index < -0.39 is 0 Å². The Morgan fingerprint density at radius 3 is 2.43 bits per heavy atom. The van der Waals surface area contributed by atoms with Crippen LogP contribution in [0.3, 0.4) is 0 Å². The molecule has 5 nitrogen and oxygen atoms in total. The van der Waals surface area contributed by atoms with Crippen LogP contribution in [0.15, 0.2) is 60.8 Å². The molecular weight excluding hydrogens is 290 g/mol. The Kier molecular flexibility index (Phi) is 3.40. The molecule has 0 aliphatic heterocycles. The molecule has 0 amide bonds. The molecule has 0 radical (unpaired) electrons. The van der Waals surface area contributed by atoms with Crippen LogP contribution in [0.5, 0.6) is 5.88 Å². The number of aliphatic hydroxyl groups is 1. The number of fused-ring (bicyclic) bond motifs is 3. The molecule has 0 spiro atoms. The zero-order valence-electron chi connectivity index (χ0n) is 12.4. The smallest absolute Gasteiger partial charge is 0.223 e. The summed E-state index contributed by atoms with van der Waals surface area (Å²) in [6.07, 6.45) is 1.83. The van der Waals surface area contributed by atoms with Crippen molar-refractivity contribution in [1.29, 1.82) is 0 Å². The monoisotopic (exact) mass is 305 g/mol. The van der Waals surface area contributed by atoms with Gasteiger partial charge in [-0.3, -0.25) is 0 Å². The third-order valence-electron chi connectivity index (χ3n) is 3.73. The summed E-state index contributed by atoms with van der Waals surface area (Å²) in [5, 5.41) is 16.4. The van der Waals surface area contributed by atoms with Crippen molar-refractivity contribution < 1.29 is 9.84 Å². The molecule has 2 aromatic carbocycles. The van der Waals surface area contributed by atoms with Crippen LogP contribution in [-0.2, 0) is 0 Å². The van der Waals surface area contributed by atoms with Crippen molar-refractivity contribution in [3.8, 4) is 11.6 Å². The highest BCUT2D eigenvalue weighted by molar-refractivity contribution is 6.06. The molecule has 0 atom stereocenters. The van der Waals surface area contributed by atoms with E-state index in [0.29, 0.717) is 5.88 Å². The number of para-hydroxylation sites is 1. The Morgan fingerprint density at radius 2 is 1.65 bits per heavy atom. The third-order valence-corrected chi connectivity index (χ3v) is 3.73. The second kappa shape index (κ2) is 5.70. The fourth-order valence-electron chi connectivity index (χ4n) is 2.71. The number of pyridine rings is 1. The van der Waals surface area contributed by atoms with E-state index in [-0.39, 0.29) is 13.2 Å². The summed E-state index contributed by atoms with van der Waals surface area (Å²) < 4.78 is 7.43. The minimum atomic E-state index is -0.0496. The number of aromatic nitrogens is 3. The average Bonchev–Trinajstić information content (AvgIpc) is 3.04. The number of ether oxygens (including phenoxy) is 1. The quantitative estimate of drug-likeness (QED) is 0.630. The van der Waals surface area contributed by atoms with E-state index in [1.54, 1.807) is 4.68 Å². The van der Waals surface area contributed by atoms with Crippen LogP contribution >= 0.6 is 0 Å². The van der Waals surface area contributed by atoms with Gasteiger partial charge in [0, 0.05) is 10.8 Å². The van der Waals surface area contributed by atoms with Gasteiger partial charge in [-0.15, -0.1) is 0 Å². The number of benzene rings is 2. The van der Waals surface area contributed by atoms with E-state index >= 15 is 0 Å². The number of aliphatic hydroxyl groups excluding tert-OH is 1. The van der Waals surface area contributed by atoms with E-state index in [9.17, 15) is 0 Å². The highest BCUT2D eigenvalue weighted by Gasteiger charge is 2.14. The summed E-state index contributed by atoms with van der Waals surface area (Å²) in [6, 6.07) is 17.8. The first-order chi connectivity index (χ1) is 11.4. The van der Waals surface area contributed by atoms with Crippen molar-refractivity contribution in [2.24, 2.45) is 0 Å². The van der Waals surface area contributed by atoms with Crippen LogP contribution in [0.2, 0.25) is 0 Å². The molecule has 0 aliphatic carbocycles. The Morgan fingerprint density at radius 1 is 0.913 bits per heavy atom. The van der Waals surface area contributed by atoms with Gasteiger partial charge < -0.3 is 9.84 Å². The number of nitrogens with zero attached hydrogens (tertiary/aromatic N) is 3. The summed E-state index contributed by atoms with van der Waals surface area (Å²) in [6.45, 7) is 0.161. The largest absolute Gasteiger partial charge is 0.475 e. The van der Waals surface area contributed by atoms with Crippen molar-refractivity contribution in [2.45, 2.75) is 0 Å². The van der Waals surface area contributed by atoms with Gasteiger partial charge in [-0.2, -0.15) is 10.1 Å². The van der Waals surface area contributed by atoms with E-state index in [4.69, 9.17) is 9.84 Å². The Labute approximate surface area is 132 Å². The fourth-order valence-corrected chi connectivity index (χ4v) is 2.71. The van der Waals surface area contributed by atoms with Gasteiger partial charge in [-0.05, 0) is 23.6 Å². The highest BCUT2D eigenvalue weighted by atomic mass is 16.5. The Bertz CT molecular complexity index is 964. The van der Waals surface area contributed by atoms with Crippen molar-refractivity contribution in [3.63, 3.8) is 0 Å². The molecule has 1 N–H and O–H groups in total. The van der Waals surface area contributed by atoms with Gasteiger partial charge in [0.2, 0.25) is 5.88 Å². The predicted octanol–water partition coefficient (Wildman–Crippen LogP) is 2.94. The molecule has 23 heavy (non-hydrogen) atoms. The van der Waals surface area contributed by atoms with Gasteiger partial charge >= 0.3 is 0 Å². The van der Waals surface area contributed by atoms with Crippen molar-refractivity contribution in [1.82, 2.24) is 14.8 Å². The van der Waals surface area contributed by atoms with Gasteiger partial charge in [0.15, 0.2) is 5.65 Å². The van der Waals surface area contributed by atoms with Crippen LogP contribution in [0.25, 0.3) is 27.5 Å². The molecule has 0 aliphatic rings. The lowest BCUT2D eigenvalue weighted by Gasteiger charge is -2.09. The first-order valence-electron chi connectivity index (χ1n) is 7.44. The summed E-state index contributed by atoms with van der Waals surface area (Å²) >= 11 is 0. The molecular formula is C18H15N3O2. The SMILES string of the molecule is OCCOc1nc2c(cnn2-c2ccccc2)c2ccccc12. The number of hydrogen-bond donors (Lipinski definition) is 1. The van der Waals surface area contributed by atoms with E-state index in [1.807, 2.05) is 60.8 Å². The second-order valence-electron chi connectivity index (χ2n) is 5.16. The topological polar surface area (TPSA) is 60.2 Å². The molecule has 2 heterocycles. The fraction of sp³-hybridized carbons (Fsp3) is 0.111. The minimum Gasteiger partial charge on any atom is -0.475 e. The molecule has 5 heteroatoms. The predicted molar refractivity (Wildman–Crippen MR) is 89.0 cm³/mol. The molecule has 0 bridgehead atoms. The lowest BCUT2D eigenvalue weighted by molar-refractivity contribution is 0.198. The molecule has 0 unspecified atom stereocenters. The number of rotatable bonds is 4. The van der Waals surface area contributed by atoms with Crippen LogP contribution in [0, 0.1) is 0 Å². The summed E-state index contributed by atoms with van der Waals surface area (Å²) in [4.78, 5) is 4.64. The standard InChI is InChI=1S/C18H15N3O2/c22-10-11-23-18-15-9-5-4-8-14(15)16-12-19-21(17(16)20-18)13-6-2-1-3-7-13/h1-9,12,22H,10-11H2. The maximum absolute atomic E-state index is 9.04. The summed E-state index contributed by atoms with van der Waals surface area (Å²) in [7, 11) is 0. The maximum atomic E-state index is 9.04. The van der Waals surface area contributed by atoms with Gasteiger partial charge in [-0.25, -0.2) is 4.68 Å². The molecule has 0 fully saturated rings. The number of hydrogen-bond acceptors (Lipinski definition) is 4. The summed E-state index contributed by atoms with van der Waals surface area (Å²) in [5.74, 6) is 0.514. The lowest BCUT2D eigenvalue weighted by atomic mass is 10.1. The third kappa shape index (κ3) is 2.31. The van der Waals surface area contributed by atoms with Gasteiger partial charge in [0.1, 0.15) is 6.61 Å². The maximum Gasteiger partial charge on any atom is 0.223 e. The Balaban J connectivity index is 2.00. The zero-order chi connectivity index (χ0) is 15.6. The van der Waals surface area contributed by atoms with Crippen LogP contribution < -0.4 is 4.74 Å². The molecule has 4 rings (SSSR count). The van der Waals surface area contributed by atoms with Crippen molar-refractivity contribution >= 4 is 21.8 Å². The van der Waals surface area contributed by atoms with Crippen molar-refractivity contribution in [2.75, 3.05) is 13.2 Å². The van der Waals surface area contributed by atoms with E-state index in [2.05, 4.69) is 10.1 Å². The van der Waals surface area contributed by atoms with Gasteiger partial charge in [0.25, 0.3) is 0 Å². The highest BCUT2D eigenvalue weighted by Crippen LogP contribution is 2.31. The Hall–Kier alpha value is -2.92. The first-order valence-corrected chi connectivity index (χ1v) is 7.44. The second-order valence-corrected chi connectivity index (χ2v) is 5.16. The van der Waals surface area contributed by atoms with Crippen LogP contribution in [0.1, 0.15) is 0 Å². The molecule has 0 saturated heterocycles. The zero-order valence-corrected chi connectivity index (χ0v) is 12.4. The van der Waals surface area contributed by atoms with Crippen molar-refractivity contribution in [3.05, 3.63) is 60.8 Å². The van der Waals surface area contributed by atoms with Gasteiger partial charge in [-0.1, -0.05) is 36.4 Å². The molecule has 4 aromatic rings. The molecule has 114 valence electrons. The minimum absolute atomic E-state index is 0.0496.